The van der Waals surface area contributed by atoms with Gasteiger partial charge >= 0.3 is 5.97 Å². The van der Waals surface area contributed by atoms with E-state index in [1.165, 1.54) is 13.3 Å². The molecule has 1 N–H and O–H groups in total. The second-order valence-corrected chi connectivity index (χ2v) is 3.95. The van der Waals surface area contributed by atoms with E-state index in [9.17, 15) is 9.59 Å². The van der Waals surface area contributed by atoms with Gasteiger partial charge in [-0.25, -0.2) is 4.79 Å². The largest absolute Gasteiger partial charge is 0.467 e. The minimum atomic E-state index is -0.983. The highest BCUT2D eigenvalue weighted by molar-refractivity contribution is 5.96. The molecule has 98 valence electrons. The molecule has 1 aromatic rings. The zero-order chi connectivity index (χ0) is 13.6. The highest BCUT2D eigenvalue weighted by Gasteiger charge is 2.37. The maximum atomic E-state index is 12.0. The maximum Gasteiger partial charge on any atom is 0.331 e. The number of esters is 1. The summed E-state index contributed by atoms with van der Waals surface area (Å²) in [6.07, 6.45) is 2.47. The molecule has 0 bridgehead atoms. The second-order valence-electron chi connectivity index (χ2n) is 3.95. The molecule has 0 atom stereocenters. The fraction of sp³-hybridized carbons (Fsp3) is 0.462. The molecule has 0 unspecified atom stereocenters. The molecular weight excluding hydrogens is 232 g/mol. The number of methoxy groups -OCH3 is 1. The quantitative estimate of drug-likeness (QED) is 0.805. The summed E-state index contributed by atoms with van der Waals surface area (Å²) in [6, 6.07) is 5.05. The van der Waals surface area contributed by atoms with Crippen molar-refractivity contribution in [3.05, 3.63) is 30.1 Å². The summed E-state index contributed by atoms with van der Waals surface area (Å²) in [6.45, 7) is 3.66. The topological polar surface area (TPSA) is 68.3 Å². The van der Waals surface area contributed by atoms with Crippen LogP contribution in [-0.2, 0) is 9.53 Å². The van der Waals surface area contributed by atoms with Crippen LogP contribution in [0.5, 0.6) is 0 Å². The molecule has 5 heteroatoms. The highest BCUT2D eigenvalue weighted by Crippen LogP contribution is 2.17. The summed E-state index contributed by atoms with van der Waals surface area (Å²) in [4.78, 5) is 27.8. The minimum absolute atomic E-state index is 0.285. The van der Waals surface area contributed by atoms with Crippen LogP contribution in [0.25, 0.3) is 0 Å². The first-order valence-corrected chi connectivity index (χ1v) is 5.91. The molecule has 0 fully saturated rings. The SMILES string of the molecule is CCC(CC)(NC(=O)c1ccccn1)C(=O)OC. The Morgan fingerprint density at radius 1 is 1.33 bits per heavy atom. The van der Waals surface area contributed by atoms with E-state index in [2.05, 4.69) is 10.3 Å². The third-order valence-corrected chi connectivity index (χ3v) is 3.03. The Kier molecular flexibility index (Phi) is 4.83. The molecule has 5 nitrogen and oxygen atoms in total. The van der Waals surface area contributed by atoms with Gasteiger partial charge in [0.2, 0.25) is 0 Å². The van der Waals surface area contributed by atoms with Crippen molar-refractivity contribution in [2.24, 2.45) is 0 Å². The number of pyridine rings is 1. The molecule has 1 rings (SSSR count). The molecule has 0 aliphatic heterocycles. The second kappa shape index (κ2) is 6.14. The van der Waals surface area contributed by atoms with Crippen molar-refractivity contribution in [1.82, 2.24) is 10.3 Å². The van der Waals surface area contributed by atoms with Gasteiger partial charge in [0.1, 0.15) is 11.2 Å². The monoisotopic (exact) mass is 250 g/mol. The van der Waals surface area contributed by atoms with Gasteiger partial charge in [-0.1, -0.05) is 19.9 Å². The van der Waals surface area contributed by atoms with E-state index in [0.29, 0.717) is 12.8 Å². The van der Waals surface area contributed by atoms with Crippen molar-refractivity contribution in [3.63, 3.8) is 0 Å². The van der Waals surface area contributed by atoms with Crippen molar-refractivity contribution in [3.8, 4) is 0 Å². The number of nitrogens with zero attached hydrogens (tertiary/aromatic N) is 1. The predicted molar refractivity (Wildman–Crippen MR) is 67.0 cm³/mol. The Balaban J connectivity index is 2.92. The third-order valence-electron chi connectivity index (χ3n) is 3.03. The lowest BCUT2D eigenvalue weighted by Crippen LogP contribution is -2.54. The number of carbonyl (C=O) groups excluding carboxylic acids is 2. The van der Waals surface area contributed by atoms with Gasteiger partial charge in [-0.3, -0.25) is 9.78 Å². The van der Waals surface area contributed by atoms with Gasteiger partial charge in [-0.2, -0.15) is 0 Å². The molecule has 0 aromatic carbocycles. The lowest BCUT2D eigenvalue weighted by Gasteiger charge is -2.29. The first kappa shape index (κ1) is 14.2. The average molecular weight is 250 g/mol. The summed E-state index contributed by atoms with van der Waals surface area (Å²) in [7, 11) is 1.31. The molecule has 1 heterocycles. The Morgan fingerprint density at radius 3 is 2.44 bits per heavy atom. The van der Waals surface area contributed by atoms with Gasteiger partial charge in [0.05, 0.1) is 7.11 Å². The zero-order valence-corrected chi connectivity index (χ0v) is 10.9. The van der Waals surface area contributed by atoms with Crippen molar-refractivity contribution in [1.29, 1.82) is 0 Å². The van der Waals surface area contributed by atoms with Gasteiger partial charge in [-0.15, -0.1) is 0 Å². The normalized spacial score (nSPS) is 10.8. The van der Waals surface area contributed by atoms with E-state index < -0.39 is 11.5 Å². The van der Waals surface area contributed by atoms with Gasteiger partial charge in [0, 0.05) is 6.20 Å². The van der Waals surface area contributed by atoms with E-state index in [0.717, 1.165) is 0 Å². The molecule has 1 amide bonds. The summed E-state index contributed by atoms with van der Waals surface area (Å²) in [5.41, 5.74) is -0.698. The van der Waals surface area contributed by atoms with Crippen LogP contribution < -0.4 is 5.32 Å². The number of rotatable bonds is 5. The molecule has 0 aliphatic carbocycles. The highest BCUT2D eigenvalue weighted by atomic mass is 16.5. The lowest BCUT2D eigenvalue weighted by atomic mass is 9.92. The summed E-state index contributed by atoms with van der Waals surface area (Å²) < 4.78 is 4.76. The molecule has 18 heavy (non-hydrogen) atoms. The van der Waals surface area contributed by atoms with Crippen LogP contribution in [0, 0.1) is 0 Å². The predicted octanol–water partition coefficient (Wildman–Crippen LogP) is 1.54. The molecule has 0 radical (unpaired) electrons. The van der Waals surface area contributed by atoms with Gasteiger partial charge < -0.3 is 10.1 Å². The zero-order valence-electron chi connectivity index (χ0n) is 10.9. The van der Waals surface area contributed by atoms with Crippen LogP contribution >= 0.6 is 0 Å². The molecule has 0 aliphatic rings. The Labute approximate surface area is 107 Å². The van der Waals surface area contributed by atoms with Crippen molar-refractivity contribution in [2.75, 3.05) is 7.11 Å². The van der Waals surface area contributed by atoms with Crippen molar-refractivity contribution < 1.29 is 14.3 Å². The maximum absolute atomic E-state index is 12.0. The Hall–Kier alpha value is -1.91. The third kappa shape index (κ3) is 2.85. The molecule has 0 saturated heterocycles. The number of ether oxygens (including phenoxy) is 1. The van der Waals surface area contributed by atoms with Crippen LogP contribution in [-0.4, -0.2) is 29.5 Å². The van der Waals surface area contributed by atoms with Crippen LogP contribution in [0.1, 0.15) is 37.2 Å². The lowest BCUT2D eigenvalue weighted by molar-refractivity contribution is -0.148. The van der Waals surface area contributed by atoms with E-state index in [1.807, 2.05) is 13.8 Å². The number of amides is 1. The number of nitrogens with one attached hydrogen (secondary N) is 1. The Bertz CT molecular complexity index is 414. The fourth-order valence-corrected chi connectivity index (χ4v) is 1.74. The van der Waals surface area contributed by atoms with Gasteiger partial charge in [0.15, 0.2) is 0 Å². The van der Waals surface area contributed by atoms with Crippen molar-refractivity contribution >= 4 is 11.9 Å². The van der Waals surface area contributed by atoms with E-state index in [4.69, 9.17) is 4.74 Å². The number of aromatic nitrogens is 1. The molecular formula is C13H18N2O3. The smallest absolute Gasteiger partial charge is 0.331 e. The molecule has 0 saturated carbocycles. The van der Waals surface area contributed by atoms with Crippen molar-refractivity contribution in [2.45, 2.75) is 32.2 Å². The Morgan fingerprint density at radius 2 is 2.00 bits per heavy atom. The van der Waals surface area contributed by atoms with Crippen LogP contribution in [0.2, 0.25) is 0 Å². The number of carbonyl (C=O) groups is 2. The minimum Gasteiger partial charge on any atom is -0.467 e. The standard InChI is InChI=1S/C13H18N2O3/c1-4-13(5-2,12(17)18-3)15-11(16)10-8-6-7-9-14-10/h6-9H,4-5H2,1-3H3,(H,15,16). The first-order valence-electron chi connectivity index (χ1n) is 5.91. The average Bonchev–Trinajstić information content (AvgIpc) is 2.44. The summed E-state index contributed by atoms with van der Waals surface area (Å²) >= 11 is 0. The first-order chi connectivity index (χ1) is 8.59. The van der Waals surface area contributed by atoms with E-state index in [-0.39, 0.29) is 11.6 Å². The van der Waals surface area contributed by atoms with E-state index >= 15 is 0 Å². The van der Waals surface area contributed by atoms with Crippen LogP contribution in [0.3, 0.4) is 0 Å². The van der Waals surface area contributed by atoms with Crippen LogP contribution in [0.15, 0.2) is 24.4 Å². The summed E-state index contributed by atoms with van der Waals surface area (Å²) in [5, 5.41) is 2.72. The molecule has 1 aromatic heterocycles. The fourth-order valence-electron chi connectivity index (χ4n) is 1.74. The van der Waals surface area contributed by atoms with Crippen LogP contribution in [0.4, 0.5) is 0 Å². The summed E-state index contributed by atoms with van der Waals surface area (Å²) in [5.74, 6) is -0.804. The van der Waals surface area contributed by atoms with Gasteiger partial charge in [-0.05, 0) is 25.0 Å². The molecule has 0 spiro atoms. The van der Waals surface area contributed by atoms with E-state index in [1.54, 1.807) is 18.2 Å². The number of hydrogen-bond donors (Lipinski definition) is 1. The van der Waals surface area contributed by atoms with Gasteiger partial charge in [0.25, 0.3) is 5.91 Å². The number of hydrogen-bond acceptors (Lipinski definition) is 4.